The van der Waals surface area contributed by atoms with Gasteiger partial charge in [0.05, 0.1) is 25.9 Å². The predicted octanol–water partition coefficient (Wildman–Crippen LogP) is 4.83. The van der Waals surface area contributed by atoms with Crippen LogP contribution in [-0.2, 0) is 22.5 Å². The fourth-order valence-corrected chi connectivity index (χ4v) is 7.38. The molecule has 2 N–H and O–H groups in total. The number of ether oxygens (including phenoxy) is 3. The van der Waals surface area contributed by atoms with E-state index in [0.29, 0.717) is 44.0 Å². The first kappa shape index (κ1) is 23.5. The topological polar surface area (TPSA) is 68.2 Å². The Balaban J connectivity index is 1.19. The third-order valence-corrected chi connectivity index (χ3v) is 9.52. The molecule has 0 radical (unpaired) electrons. The molecule has 5 heteroatoms. The maximum Gasteiger partial charge on any atom is 0.171 e. The van der Waals surface area contributed by atoms with E-state index in [4.69, 9.17) is 14.2 Å². The molecule has 0 amide bonds. The molecule has 0 aromatic heterocycles. The Morgan fingerprint density at radius 2 is 1.91 bits per heavy atom. The van der Waals surface area contributed by atoms with Gasteiger partial charge in [0.2, 0.25) is 0 Å². The lowest BCUT2D eigenvalue weighted by Gasteiger charge is -2.59. The van der Waals surface area contributed by atoms with Gasteiger partial charge in [-0.15, -0.1) is 0 Å². The Morgan fingerprint density at radius 1 is 1.06 bits per heavy atom. The molecule has 7 atom stereocenters. The van der Waals surface area contributed by atoms with E-state index in [1.165, 1.54) is 29.5 Å². The van der Waals surface area contributed by atoms with Crippen LogP contribution in [0.1, 0.15) is 61.6 Å². The maximum absolute atomic E-state index is 10.6. The normalized spacial score (nSPS) is 38.3. The summed E-state index contributed by atoms with van der Waals surface area (Å²) in [5.74, 6) is 1.72. The molecule has 0 unspecified atom stereocenters. The van der Waals surface area contributed by atoms with Gasteiger partial charge in [-0.05, 0) is 77.7 Å². The summed E-state index contributed by atoms with van der Waals surface area (Å²) in [5, 5.41) is 20.2. The Bertz CT molecular complexity index is 1040. The minimum atomic E-state index is -0.702. The molecular weight excluding hydrogens is 440 g/mol. The monoisotopic (exact) mass is 478 g/mol. The van der Waals surface area contributed by atoms with E-state index in [9.17, 15) is 10.2 Å². The molecular formula is C30H38O5. The highest BCUT2D eigenvalue weighted by Crippen LogP contribution is 2.60. The van der Waals surface area contributed by atoms with Gasteiger partial charge in [0.15, 0.2) is 5.79 Å². The molecule has 2 aliphatic carbocycles. The summed E-state index contributed by atoms with van der Waals surface area (Å²) in [6.07, 6.45) is 5.34. The van der Waals surface area contributed by atoms with Crippen molar-refractivity contribution in [2.24, 2.45) is 23.2 Å². The van der Waals surface area contributed by atoms with E-state index < -0.39 is 11.9 Å². The largest absolute Gasteiger partial charge is 0.489 e. The second-order valence-electron chi connectivity index (χ2n) is 11.7. The van der Waals surface area contributed by atoms with Crippen LogP contribution >= 0.6 is 0 Å². The van der Waals surface area contributed by atoms with E-state index in [0.717, 1.165) is 25.0 Å². The summed E-state index contributed by atoms with van der Waals surface area (Å²) in [7, 11) is 0. The van der Waals surface area contributed by atoms with E-state index in [1.807, 2.05) is 18.2 Å². The third-order valence-electron chi connectivity index (χ3n) is 9.52. The molecule has 2 saturated heterocycles. The number of aryl methyl sites for hydroxylation is 1. The summed E-state index contributed by atoms with van der Waals surface area (Å²) in [5.41, 5.74) is 4.29. The van der Waals surface area contributed by atoms with E-state index in [-0.39, 0.29) is 17.9 Å². The Hall–Kier alpha value is -1.92. The van der Waals surface area contributed by atoms with Crippen molar-refractivity contribution < 1.29 is 24.4 Å². The van der Waals surface area contributed by atoms with Gasteiger partial charge in [-0.3, -0.25) is 0 Å². The molecule has 35 heavy (non-hydrogen) atoms. The van der Waals surface area contributed by atoms with Gasteiger partial charge in [-0.2, -0.15) is 0 Å². The van der Waals surface area contributed by atoms with Crippen molar-refractivity contribution >= 4 is 0 Å². The lowest BCUT2D eigenvalue weighted by molar-refractivity contribution is -0.334. The summed E-state index contributed by atoms with van der Waals surface area (Å²) in [6.45, 7) is 4.00. The molecule has 2 aliphatic heterocycles. The zero-order valence-corrected chi connectivity index (χ0v) is 20.7. The standard InChI is InChI=1S/C30H38O5/c1-29-12-11-25-24-10-8-23(33-17-20-5-3-2-4-6-20)13-21(24)7-9-26(25)27(29)14-30(35-19-29)15-28(32)22(16-31)18-34-30/h2-6,8,10,13,22,25-28,31-32H,7,9,11-12,14-19H2,1H3/t22-,25-,26-,27+,28-,29-,30-/m1/s1. The van der Waals surface area contributed by atoms with Crippen molar-refractivity contribution in [3.63, 3.8) is 0 Å². The first-order chi connectivity index (χ1) is 17.0. The van der Waals surface area contributed by atoms with Crippen LogP contribution in [0, 0.1) is 23.2 Å². The van der Waals surface area contributed by atoms with Crippen molar-refractivity contribution in [2.75, 3.05) is 19.8 Å². The lowest BCUT2D eigenvalue weighted by Crippen LogP contribution is -2.59. The number of hydrogen-bond donors (Lipinski definition) is 2. The SMILES string of the molecule is C[C@]12CC[C@@H]3c4ccc(OCc5ccccc5)cc4CC[C@H]3[C@@H]1C[C@]1(C[C@@H](O)[C@H](CO)CO1)OC2. The molecule has 2 heterocycles. The van der Waals surface area contributed by atoms with Crippen LogP contribution in [0.15, 0.2) is 48.5 Å². The highest BCUT2D eigenvalue weighted by atomic mass is 16.7. The van der Waals surface area contributed by atoms with Gasteiger partial charge in [-0.25, -0.2) is 0 Å². The smallest absolute Gasteiger partial charge is 0.171 e. The molecule has 1 saturated carbocycles. The highest BCUT2D eigenvalue weighted by Gasteiger charge is 2.57. The van der Waals surface area contributed by atoms with Crippen LogP contribution in [0.4, 0.5) is 0 Å². The second-order valence-corrected chi connectivity index (χ2v) is 11.7. The number of rotatable bonds is 4. The highest BCUT2D eigenvalue weighted by molar-refractivity contribution is 5.41. The van der Waals surface area contributed by atoms with Crippen LogP contribution in [0.2, 0.25) is 0 Å². The Kier molecular flexibility index (Phi) is 6.16. The number of aliphatic hydroxyl groups excluding tert-OH is 2. The van der Waals surface area contributed by atoms with Crippen molar-refractivity contribution in [2.45, 2.75) is 69.9 Å². The van der Waals surface area contributed by atoms with Crippen LogP contribution in [-0.4, -0.2) is 41.9 Å². The number of hydrogen-bond acceptors (Lipinski definition) is 5. The van der Waals surface area contributed by atoms with Crippen LogP contribution in [0.3, 0.4) is 0 Å². The van der Waals surface area contributed by atoms with Crippen molar-refractivity contribution in [3.05, 3.63) is 65.2 Å². The minimum absolute atomic E-state index is 0.0447. The zero-order chi connectivity index (χ0) is 24.0. The molecule has 2 aromatic rings. The average Bonchev–Trinajstić information content (AvgIpc) is 2.88. The van der Waals surface area contributed by atoms with Crippen LogP contribution in [0.25, 0.3) is 0 Å². The molecule has 188 valence electrons. The van der Waals surface area contributed by atoms with Crippen molar-refractivity contribution in [3.8, 4) is 5.75 Å². The molecule has 1 spiro atoms. The molecule has 6 rings (SSSR count). The molecule has 2 aromatic carbocycles. The molecule has 4 aliphatic rings. The summed E-state index contributed by atoms with van der Waals surface area (Å²) < 4.78 is 18.8. The summed E-state index contributed by atoms with van der Waals surface area (Å²) in [4.78, 5) is 0. The van der Waals surface area contributed by atoms with Gasteiger partial charge in [0, 0.05) is 18.8 Å². The predicted molar refractivity (Wildman–Crippen MR) is 133 cm³/mol. The first-order valence-corrected chi connectivity index (χ1v) is 13.3. The fraction of sp³-hybridized carbons (Fsp3) is 0.600. The zero-order valence-electron chi connectivity index (χ0n) is 20.7. The average molecular weight is 479 g/mol. The minimum Gasteiger partial charge on any atom is -0.489 e. The van der Waals surface area contributed by atoms with Crippen LogP contribution in [0.5, 0.6) is 5.75 Å². The van der Waals surface area contributed by atoms with Crippen molar-refractivity contribution in [1.82, 2.24) is 0 Å². The summed E-state index contributed by atoms with van der Waals surface area (Å²) in [6, 6.07) is 17.1. The van der Waals surface area contributed by atoms with E-state index >= 15 is 0 Å². The Morgan fingerprint density at radius 3 is 2.71 bits per heavy atom. The van der Waals surface area contributed by atoms with Crippen LogP contribution < -0.4 is 4.74 Å². The van der Waals surface area contributed by atoms with Gasteiger partial charge in [0.1, 0.15) is 12.4 Å². The lowest BCUT2D eigenvalue weighted by atomic mass is 9.52. The third kappa shape index (κ3) is 4.31. The van der Waals surface area contributed by atoms with Gasteiger partial charge in [-0.1, -0.05) is 43.3 Å². The number of fused-ring (bicyclic) bond motifs is 5. The van der Waals surface area contributed by atoms with E-state index in [2.05, 4.69) is 37.3 Å². The Labute approximate surface area is 208 Å². The quantitative estimate of drug-likeness (QED) is 0.659. The number of aliphatic hydroxyl groups is 2. The fourth-order valence-electron chi connectivity index (χ4n) is 7.38. The van der Waals surface area contributed by atoms with E-state index in [1.54, 1.807) is 0 Å². The van der Waals surface area contributed by atoms with Gasteiger partial charge < -0.3 is 24.4 Å². The van der Waals surface area contributed by atoms with Gasteiger partial charge >= 0.3 is 0 Å². The molecule has 3 fully saturated rings. The number of benzene rings is 2. The van der Waals surface area contributed by atoms with Gasteiger partial charge in [0.25, 0.3) is 0 Å². The first-order valence-electron chi connectivity index (χ1n) is 13.3. The summed E-state index contributed by atoms with van der Waals surface area (Å²) >= 11 is 0. The van der Waals surface area contributed by atoms with Crippen molar-refractivity contribution in [1.29, 1.82) is 0 Å². The molecule has 5 nitrogen and oxygen atoms in total. The molecule has 0 bridgehead atoms. The maximum atomic E-state index is 10.6. The second kappa shape index (κ2) is 9.19.